The van der Waals surface area contributed by atoms with Gasteiger partial charge in [-0.2, -0.15) is 0 Å². The third-order valence-electron chi connectivity index (χ3n) is 6.26. The zero-order chi connectivity index (χ0) is 23.1. The Bertz CT molecular complexity index is 1050. The summed E-state index contributed by atoms with van der Waals surface area (Å²) in [6.07, 6.45) is 1.78. The van der Waals surface area contributed by atoms with E-state index in [1.165, 1.54) is 0 Å². The number of nitrogens with zero attached hydrogens (tertiary/aromatic N) is 1. The summed E-state index contributed by atoms with van der Waals surface area (Å²) >= 11 is 12.5. The van der Waals surface area contributed by atoms with Gasteiger partial charge in [0.15, 0.2) is 0 Å². The van der Waals surface area contributed by atoms with Crippen LogP contribution < -0.4 is 5.32 Å². The van der Waals surface area contributed by atoms with Crippen molar-refractivity contribution in [3.63, 3.8) is 0 Å². The fourth-order valence-electron chi connectivity index (χ4n) is 4.93. The maximum absolute atomic E-state index is 13.6. The summed E-state index contributed by atoms with van der Waals surface area (Å²) in [5.41, 5.74) is 1.23. The van der Waals surface area contributed by atoms with Crippen molar-refractivity contribution >= 4 is 40.9 Å². The number of benzene rings is 2. The summed E-state index contributed by atoms with van der Waals surface area (Å²) in [6.45, 7) is 6.64. The molecule has 2 aromatic rings. The fourth-order valence-corrected chi connectivity index (χ4v) is 5.32. The van der Waals surface area contributed by atoms with Gasteiger partial charge < -0.3 is 15.0 Å². The molecule has 0 radical (unpaired) electrons. The van der Waals surface area contributed by atoms with E-state index in [0.29, 0.717) is 29.6 Å². The third-order valence-corrected chi connectivity index (χ3v) is 6.73. The number of nitrogens with one attached hydrogen (secondary N) is 1. The molecule has 5 nitrogen and oxygen atoms in total. The van der Waals surface area contributed by atoms with Gasteiger partial charge in [-0.25, -0.2) is 4.79 Å². The van der Waals surface area contributed by atoms with Gasteiger partial charge in [-0.1, -0.05) is 41.4 Å². The Morgan fingerprint density at radius 1 is 1.19 bits per heavy atom. The summed E-state index contributed by atoms with van der Waals surface area (Å²) in [7, 11) is 0. The predicted octanol–water partition coefficient (Wildman–Crippen LogP) is 6.07. The van der Waals surface area contributed by atoms with Crippen LogP contribution in [-0.4, -0.2) is 35.6 Å². The van der Waals surface area contributed by atoms with Crippen molar-refractivity contribution in [2.45, 2.75) is 51.0 Å². The summed E-state index contributed by atoms with van der Waals surface area (Å²) in [5, 5.41) is 4.25. The van der Waals surface area contributed by atoms with Crippen LogP contribution in [0.3, 0.4) is 0 Å². The molecule has 2 aliphatic rings. The van der Waals surface area contributed by atoms with E-state index in [1.54, 1.807) is 11.0 Å². The summed E-state index contributed by atoms with van der Waals surface area (Å²) in [5.74, 6) is -0.143. The van der Waals surface area contributed by atoms with E-state index in [-0.39, 0.29) is 17.9 Å². The van der Waals surface area contributed by atoms with E-state index in [4.69, 9.17) is 27.9 Å². The van der Waals surface area contributed by atoms with Crippen molar-refractivity contribution in [2.75, 3.05) is 18.4 Å². The lowest BCUT2D eigenvalue weighted by molar-refractivity contribution is -0.123. The molecule has 4 rings (SSSR count). The average Bonchev–Trinajstić information content (AvgIpc) is 2.98. The lowest BCUT2D eigenvalue weighted by Crippen LogP contribution is -2.52. The summed E-state index contributed by atoms with van der Waals surface area (Å²) in [4.78, 5) is 28.2. The van der Waals surface area contributed by atoms with Gasteiger partial charge in [0.25, 0.3) is 0 Å². The first-order chi connectivity index (χ1) is 15.1. The molecule has 0 spiro atoms. The zero-order valence-corrected chi connectivity index (χ0v) is 20.1. The maximum atomic E-state index is 13.6. The quantitative estimate of drug-likeness (QED) is 0.586. The van der Waals surface area contributed by atoms with Gasteiger partial charge in [0.2, 0.25) is 5.91 Å². The van der Waals surface area contributed by atoms with Crippen LogP contribution in [0.2, 0.25) is 10.0 Å². The lowest BCUT2D eigenvalue weighted by Gasteiger charge is -2.42. The Labute approximate surface area is 199 Å². The average molecular weight is 475 g/mol. The number of amides is 2. The van der Waals surface area contributed by atoms with Crippen molar-refractivity contribution in [1.29, 1.82) is 0 Å². The van der Waals surface area contributed by atoms with Gasteiger partial charge in [0.1, 0.15) is 5.60 Å². The van der Waals surface area contributed by atoms with E-state index in [1.807, 2.05) is 57.2 Å². The normalized spacial score (nSPS) is 23.0. The molecule has 2 heterocycles. The van der Waals surface area contributed by atoms with Gasteiger partial charge in [-0.15, -0.1) is 0 Å². The van der Waals surface area contributed by atoms with Crippen LogP contribution in [-0.2, 0) is 21.4 Å². The van der Waals surface area contributed by atoms with Crippen molar-refractivity contribution in [3.8, 4) is 0 Å². The Hall–Kier alpha value is -2.24. The van der Waals surface area contributed by atoms with Gasteiger partial charge in [-0.3, -0.25) is 4.79 Å². The minimum atomic E-state index is -0.828. The highest BCUT2D eigenvalue weighted by Crippen LogP contribution is 2.49. The second-order valence-electron chi connectivity index (χ2n) is 9.69. The topological polar surface area (TPSA) is 58.6 Å². The fraction of sp³-hybridized carbons (Fsp3) is 0.440. The number of likely N-dealkylation sites (tertiary alicyclic amines) is 1. The minimum Gasteiger partial charge on any atom is -0.444 e. The maximum Gasteiger partial charge on any atom is 0.410 e. The monoisotopic (exact) mass is 474 g/mol. The molecule has 0 aromatic heterocycles. The molecule has 1 fully saturated rings. The molecular formula is C25H28Cl2N2O3. The number of fused-ring (bicyclic) bond motifs is 1. The van der Waals surface area contributed by atoms with E-state index in [2.05, 4.69) is 5.32 Å². The highest BCUT2D eigenvalue weighted by atomic mass is 35.5. The Balaban J connectivity index is 1.74. The van der Waals surface area contributed by atoms with E-state index >= 15 is 0 Å². The Morgan fingerprint density at radius 2 is 1.94 bits per heavy atom. The van der Waals surface area contributed by atoms with Gasteiger partial charge in [-0.05, 0) is 81.3 Å². The largest absolute Gasteiger partial charge is 0.444 e. The van der Waals surface area contributed by atoms with Crippen molar-refractivity contribution in [3.05, 3.63) is 63.6 Å². The Kier molecular flexibility index (Phi) is 6.17. The number of hydrogen-bond donors (Lipinski definition) is 1. The molecule has 1 saturated heterocycles. The second kappa shape index (κ2) is 8.60. The molecule has 170 valence electrons. The number of ether oxygens (including phenoxy) is 1. The van der Waals surface area contributed by atoms with E-state index < -0.39 is 11.0 Å². The third kappa shape index (κ3) is 4.46. The van der Waals surface area contributed by atoms with Gasteiger partial charge in [0.05, 0.1) is 5.41 Å². The van der Waals surface area contributed by atoms with Crippen LogP contribution in [0.1, 0.15) is 44.7 Å². The Morgan fingerprint density at radius 3 is 2.66 bits per heavy atom. The molecule has 7 heteroatoms. The molecule has 2 aliphatic heterocycles. The number of carbonyl (C=O) groups excluding carboxylic acids is 2. The second-order valence-corrected chi connectivity index (χ2v) is 10.6. The molecule has 2 aromatic carbocycles. The number of halogens is 2. The van der Waals surface area contributed by atoms with Crippen LogP contribution in [0.4, 0.5) is 10.5 Å². The van der Waals surface area contributed by atoms with Crippen LogP contribution in [0, 0.1) is 5.92 Å². The molecule has 0 saturated carbocycles. The van der Waals surface area contributed by atoms with E-state index in [9.17, 15) is 9.59 Å². The highest BCUT2D eigenvalue weighted by Gasteiger charge is 2.53. The molecule has 2 unspecified atom stereocenters. The van der Waals surface area contributed by atoms with Gasteiger partial charge in [0, 0.05) is 28.8 Å². The number of piperidine rings is 1. The molecule has 2 atom stereocenters. The molecule has 2 amide bonds. The standard InChI is InChI=1S/C25H28Cl2N2O3/c1-24(2,3)32-23(31)29-11-5-7-17(15-29)25(14-16-6-4-8-18(26)12-16)20-10-9-19(27)13-21(20)28-22(25)30/h4,6,8-10,12-13,17H,5,7,11,14-15H2,1-3H3,(H,28,30). The van der Waals surface area contributed by atoms with Gasteiger partial charge >= 0.3 is 6.09 Å². The molecular weight excluding hydrogens is 447 g/mol. The number of hydrogen-bond acceptors (Lipinski definition) is 3. The molecule has 0 bridgehead atoms. The minimum absolute atomic E-state index is 0.0641. The first-order valence-electron chi connectivity index (χ1n) is 10.9. The van der Waals surface area contributed by atoms with Crippen LogP contribution in [0.25, 0.3) is 0 Å². The number of anilines is 1. The van der Waals surface area contributed by atoms with Crippen LogP contribution in [0.5, 0.6) is 0 Å². The molecule has 32 heavy (non-hydrogen) atoms. The number of rotatable bonds is 3. The highest BCUT2D eigenvalue weighted by molar-refractivity contribution is 6.31. The molecule has 0 aliphatic carbocycles. The predicted molar refractivity (Wildman–Crippen MR) is 127 cm³/mol. The van der Waals surface area contributed by atoms with Crippen LogP contribution >= 0.6 is 23.2 Å². The number of carbonyl (C=O) groups is 2. The first-order valence-corrected chi connectivity index (χ1v) is 11.7. The molecule has 1 N–H and O–H groups in total. The zero-order valence-electron chi connectivity index (χ0n) is 18.6. The SMILES string of the molecule is CC(C)(C)OC(=O)N1CCCC(C2(Cc3cccc(Cl)c3)C(=O)Nc3cc(Cl)ccc32)C1. The summed E-state index contributed by atoms with van der Waals surface area (Å²) in [6, 6.07) is 13.2. The van der Waals surface area contributed by atoms with E-state index in [0.717, 1.165) is 29.7 Å². The van der Waals surface area contributed by atoms with Crippen LogP contribution in [0.15, 0.2) is 42.5 Å². The van der Waals surface area contributed by atoms with Crippen molar-refractivity contribution in [1.82, 2.24) is 4.90 Å². The van der Waals surface area contributed by atoms with Crippen molar-refractivity contribution in [2.24, 2.45) is 5.92 Å². The summed E-state index contributed by atoms with van der Waals surface area (Å²) < 4.78 is 5.62. The van der Waals surface area contributed by atoms with Crippen molar-refractivity contribution < 1.29 is 14.3 Å². The first kappa shape index (κ1) is 22.9. The lowest BCUT2D eigenvalue weighted by atomic mass is 9.65. The smallest absolute Gasteiger partial charge is 0.410 e.